The zero-order chi connectivity index (χ0) is 15.2. The van der Waals surface area contributed by atoms with Crippen LogP contribution in [-0.2, 0) is 0 Å². The number of hydrogen-bond donors (Lipinski definition) is 1. The Hall–Kier alpha value is -2.13. The van der Waals surface area contributed by atoms with Crippen molar-refractivity contribution >= 4 is 11.4 Å². The van der Waals surface area contributed by atoms with Crippen LogP contribution in [0, 0.1) is 27.4 Å². The Balaban J connectivity index is 1.87. The average Bonchev–Trinajstić information content (AvgIpc) is 2.49. The van der Waals surface area contributed by atoms with Crippen molar-refractivity contribution in [1.29, 1.82) is 5.26 Å². The Kier molecular flexibility index (Phi) is 5.12. The van der Waals surface area contributed by atoms with E-state index in [4.69, 9.17) is 5.26 Å². The molecule has 1 N–H and O–H groups in total. The molecule has 6 nitrogen and oxygen atoms in total. The molecule has 1 fully saturated rings. The summed E-state index contributed by atoms with van der Waals surface area (Å²) < 4.78 is 0. The number of likely N-dealkylation sites (tertiary alicyclic amines) is 1. The summed E-state index contributed by atoms with van der Waals surface area (Å²) in [5.41, 5.74) is 0.635. The van der Waals surface area contributed by atoms with Gasteiger partial charge < -0.3 is 10.2 Å². The maximum atomic E-state index is 10.9. The van der Waals surface area contributed by atoms with E-state index in [0.717, 1.165) is 32.1 Å². The molecule has 1 heterocycles. The summed E-state index contributed by atoms with van der Waals surface area (Å²) in [6.45, 7) is 6.20. The van der Waals surface area contributed by atoms with Gasteiger partial charge in [0.25, 0.3) is 5.69 Å². The summed E-state index contributed by atoms with van der Waals surface area (Å²) >= 11 is 0. The monoisotopic (exact) mass is 288 g/mol. The van der Waals surface area contributed by atoms with Gasteiger partial charge in [0.2, 0.25) is 0 Å². The lowest BCUT2D eigenvalue weighted by Crippen LogP contribution is -2.36. The van der Waals surface area contributed by atoms with Crippen LogP contribution in [0.15, 0.2) is 18.2 Å². The highest BCUT2D eigenvalue weighted by Gasteiger charge is 2.16. The number of anilines is 1. The van der Waals surface area contributed by atoms with Gasteiger partial charge in [-0.05, 0) is 44.0 Å². The second kappa shape index (κ2) is 7.04. The number of nitriles is 1. The maximum Gasteiger partial charge on any atom is 0.289 e. The van der Waals surface area contributed by atoms with Crippen LogP contribution in [0.3, 0.4) is 0 Å². The smallest absolute Gasteiger partial charge is 0.289 e. The number of nitrogens with one attached hydrogen (secondary N) is 1. The zero-order valence-corrected chi connectivity index (χ0v) is 12.2. The van der Waals surface area contributed by atoms with E-state index in [1.54, 1.807) is 6.07 Å². The molecule has 0 aliphatic carbocycles. The van der Waals surface area contributed by atoms with E-state index < -0.39 is 4.92 Å². The van der Waals surface area contributed by atoms with Crippen molar-refractivity contribution in [1.82, 2.24) is 4.90 Å². The van der Waals surface area contributed by atoms with Gasteiger partial charge in [0.05, 0.1) is 4.92 Å². The molecule has 21 heavy (non-hydrogen) atoms. The second-order valence-electron chi connectivity index (χ2n) is 5.55. The highest BCUT2D eigenvalue weighted by Crippen LogP contribution is 2.22. The fraction of sp³-hybridized carbons (Fsp3) is 0.533. The lowest BCUT2D eigenvalue weighted by Gasteiger charge is -2.30. The first-order valence-electron chi connectivity index (χ1n) is 7.25. The third-order valence-electron chi connectivity index (χ3n) is 3.95. The average molecular weight is 288 g/mol. The van der Waals surface area contributed by atoms with Crippen LogP contribution in [0.5, 0.6) is 0 Å². The molecule has 0 unspecified atom stereocenters. The summed E-state index contributed by atoms with van der Waals surface area (Å²) in [5.74, 6) is 0.815. The molecule has 1 aliphatic heterocycles. The predicted octanol–water partition coefficient (Wildman–Crippen LogP) is 2.61. The van der Waals surface area contributed by atoms with Crippen LogP contribution >= 0.6 is 0 Å². The highest BCUT2D eigenvalue weighted by molar-refractivity contribution is 5.59. The first kappa shape index (κ1) is 15.3. The minimum absolute atomic E-state index is 0.0931. The maximum absolute atomic E-state index is 10.9. The summed E-state index contributed by atoms with van der Waals surface area (Å²) in [6, 6.07) is 6.47. The van der Waals surface area contributed by atoms with Crippen molar-refractivity contribution in [2.45, 2.75) is 19.8 Å². The van der Waals surface area contributed by atoms with Gasteiger partial charge >= 0.3 is 0 Å². The van der Waals surface area contributed by atoms with Crippen molar-refractivity contribution in [2.24, 2.45) is 5.92 Å². The number of piperidine rings is 1. The lowest BCUT2D eigenvalue weighted by atomic mass is 9.99. The molecular weight excluding hydrogens is 268 g/mol. The molecule has 6 heteroatoms. The Labute approximate surface area is 124 Å². The normalized spacial score (nSPS) is 16.4. The van der Waals surface area contributed by atoms with Crippen LogP contribution in [0.2, 0.25) is 0 Å². The van der Waals surface area contributed by atoms with Crippen LogP contribution in [0.4, 0.5) is 11.4 Å². The molecule has 0 spiro atoms. The van der Waals surface area contributed by atoms with Crippen molar-refractivity contribution in [3.05, 3.63) is 33.9 Å². The van der Waals surface area contributed by atoms with Crippen molar-refractivity contribution in [3.8, 4) is 6.07 Å². The molecule has 0 saturated carbocycles. The summed E-state index contributed by atoms with van der Waals surface area (Å²) in [4.78, 5) is 12.8. The minimum atomic E-state index is -0.518. The minimum Gasteiger partial charge on any atom is -0.384 e. The molecule has 0 aromatic heterocycles. The first-order valence-corrected chi connectivity index (χ1v) is 7.25. The molecule has 1 aromatic carbocycles. The number of nitro groups is 1. The Bertz CT molecular complexity index is 545. The molecule has 112 valence electrons. The Morgan fingerprint density at radius 1 is 1.48 bits per heavy atom. The molecule has 0 bridgehead atoms. The fourth-order valence-electron chi connectivity index (χ4n) is 2.53. The molecule has 1 aromatic rings. The van der Waals surface area contributed by atoms with Gasteiger partial charge in [-0.3, -0.25) is 10.1 Å². The Morgan fingerprint density at radius 2 is 2.19 bits per heavy atom. The molecular formula is C15H20N4O2. The van der Waals surface area contributed by atoms with Gasteiger partial charge in [0.1, 0.15) is 11.6 Å². The number of nitrogens with zero attached hydrogens (tertiary/aromatic N) is 3. The summed E-state index contributed by atoms with van der Waals surface area (Å²) in [7, 11) is 0. The van der Waals surface area contributed by atoms with Gasteiger partial charge in [-0.25, -0.2) is 0 Å². The first-order chi connectivity index (χ1) is 10.1. The Morgan fingerprint density at radius 3 is 2.81 bits per heavy atom. The molecule has 0 atom stereocenters. The standard InChI is InChI=1S/C15H20N4O2/c1-12-4-7-18(8-5-12)9-6-17-14-3-2-13(11-16)15(10-14)19(20)21/h2-3,10,12,17H,4-9H2,1H3. The molecule has 1 saturated heterocycles. The van der Waals surface area contributed by atoms with Gasteiger partial charge in [-0.15, -0.1) is 0 Å². The topological polar surface area (TPSA) is 82.2 Å². The van der Waals surface area contributed by atoms with Gasteiger partial charge in [0.15, 0.2) is 0 Å². The third kappa shape index (κ3) is 4.17. The van der Waals surface area contributed by atoms with E-state index in [0.29, 0.717) is 5.69 Å². The van der Waals surface area contributed by atoms with Gasteiger partial charge in [-0.1, -0.05) is 6.92 Å². The molecule has 2 rings (SSSR count). The lowest BCUT2D eigenvalue weighted by molar-refractivity contribution is -0.385. The van der Waals surface area contributed by atoms with Crippen LogP contribution < -0.4 is 5.32 Å². The second-order valence-corrected chi connectivity index (χ2v) is 5.55. The van der Waals surface area contributed by atoms with Gasteiger partial charge in [-0.2, -0.15) is 5.26 Å². The van der Waals surface area contributed by atoms with Crippen molar-refractivity contribution in [3.63, 3.8) is 0 Å². The summed E-state index contributed by atoms with van der Waals surface area (Å²) in [6.07, 6.45) is 2.48. The number of nitro benzene ring substituents is 1. The largest absolute Gasteiger partial charge is 0.384 e. The highest BCUT2D eigenvalue weighted by atomic mass is 16.6. The number of hydrogen-bond acceptors (Lipinski definition) is 5. The number of benzene rings is 1. The van der Waals surface area contributed by atoms with Gasteiger partial charge in [0, 0.05) is 24.8 Å². The third-order valence-corrected chi connectivity index (χ3v) is 3.95. The predicted molar refractivity (Wildman–Crippen MR) is 81.1 cm³/mol. The van der Waals surface area contributed by atoms with E-state index in [2.05, 4.69) is 17.1 Å². The van der Waals surface area contributed by atoms with E-state index in [-0.39, 0.29) is 11.3 Å². The van der Waals surface area contributed by atoms with E-state index in [1.165, 1.54) is 25.0 Å². The molecule has 0 amide bonds. The van der Waals surface area contributed by atoms with Crippen LogP contribution in [-0.4, -0.2) is 36.0 Å². The SMILES string of the molecule is CC1CCN(CCNc2ccc(C#N)c([N+](=O)[O-])c2)CC1. The van der Waals surface area contributed by atoms with Crippen molar-refractivity contribution < 1.29 is 4.92 Å². The summed E-state index contributed by atoms with van der Waals surface area (Å²) in [5, 5.41) is 22.9. The number of rotatable bonds is 5. The van der Waals surface area contributed by atoms with Crippen LogP contribution in [0.25, 0.3) is 0 Å². The van der Waals surface area contributed by atoms with E-state index >= 15 is 0 Å². The van der Waals surface area contributed by atoms with Crippen molar-refractivity contribution in [2.75, 3.05) is 31.5 Å². The fourth-order valence-corrected chi connectivity index (χ4v) is 2.53. The van der Waals surface area contributed by atoms with E-state index in [9.17, 15) is 10.1 Å². The van der Waals surface area contributed by atoms with E-state index in [1.807, 2.05) is 6.07 Å². The zero-order valence-electron chi connectivity index (χ0n) is 12.2. The van der Waals surface area contributed by atoms with Crippen LogP contribution in [0.1, 0.15) is 25.3 Å². The molecule has 1 aliphatic rings. The molecule has 0 radical (unpaired) electrons. The quantitative estimate of drug-likeness (QED) is 0.665.